The Morgan fingerprint density at radius 3 is 2.38 bits per heavy atom. The van der Waals surface area contributed by atoms with Gasteiger partial charge in [-0.15, -0.1) is 0 Å². The lowest BCUT2D eigenvalue weighted by atomic mass is 10.1. The van der Waals surface area contributed by atoms with Crippen molar-refractivity contribution in [3.05, 3.63) is 61.1 Å². The number of nitrogens with one attached hydrogen (secondary N) is 1. The van der Waals surface area contributed by atoms with Gasteiger partial charge in [-0.2, -0.15) is 0 Å². The van der Waals surface area contributed by atoms with Gasteiger partial charge in [0.2, 0.25) is 0 Å². The first kappa shape index (κ1) is 16.1. The summed E-state index contributed by atoms with van der Waals surface area (Å²) in [5.74, 6) is -1.45. The Kier molecular flexibility index (Phi) is 5.08. The Bertz CT molecular complexity index is 734. The van der Waals surface area contributed by atoms with Gasteiger partial charge < -0.3 is 10.4 Å². The van der Waals surface area contributed by atoms with E-state index in [-0.39, 0.29) is 10.6 Å². The normalized spacial score (nSPS) is 10.2. The number of aromatic carboxylic acids is 1. The molecule has 0 spiro atoms. The number of amides is 1. The number of halogens is 3. The molecule has 0 radical (unpaired) electrons. The minimum Gasteiger partial charge on any atom is -0.478 e. The van der Waals surface area contributed by atoms with Gasteiger partial charge >= 0.3 is 5.97 Å². The van der Waals surface area contributed by atoms with Crippen molar-refractivity contribution in [2.45, 2.75) is 0 Å². The lowest BCUT2D eigenvalue weighted by Crippen LogP contribution is -2.12. The van der Waals surface area contributed by atoms with Gasteiger partial charge in [0.1, 0.15) is 0 Å². The van der Waals surface area contributed by atoms with Crippen LogP contribution in [0.3, 0.4) is 0 Å². The van der Waals surface area contributed by atoms with E-state index in [1.54, 1.807) is 12.1 Å². The van der Waals surface area contributed by atoms with E-state index >= 15 is 0 Å². The number of carboxylic acid groups (broad SMARTS) is 1. The SMILES string of the molecule is O=C(Nc1ccc(I)c(C(=O)O)c1)c1ccc(Cl)c(Cl)c1. The number of carboxylic acids is 1. The van der Waals surface area contributed by atoms with Crippen molar-refractivity contribution in [3.8, 4) is 0 Å². The summed E-state index contributed by atoms with van der Waals surface area (Å²) in [6.45, 7) is 0. The van der Waals surface area contributed by atoms with E-state index < -0.39 is 11.9 Å². The summed E-state index contributed by atoms with van der Waals surface area (Å²) < 4.78 is 0.590. The molecule has 0 aromatic heterocycles. The standard InChI is InChI=1S/C14H8Cl2INO3/c15-10-3-1-7(5-11(10)16)13(19)18-8-2-4-12(17)9(6-8)14(20)21/h1-6H,(H,18,19)(H,20,21). The van der Waals surface area contributed by atoms with E-state index in [0.717, 1.165) is 0 Å². The molecule has 2 aromatic rings. The zero-order valence-corrected chi connectivity index (χ0v) is 14.0. The number of hydrogen-bond donors (Lipinski definition) is 2. The zero-order chi connectivity index (χ0) is 15.6. The number of hydrogen-bond acceptors (Lipinski definition) is 2. The lowest BCUT2D eigenvalue weighted by Gasteiger charge is -2.08. The van der Waals surface area contributed by atoms with Crippen molar-refractivity contribution in [3.63, 3.8) is 0 Å². The molecule has 0 saturated heterocycles. The fourth-order valence-corrected chi connectivity index (χ4v) is 2.47. The second kappa shape index (κ2) is 6.64. The highest BCUT2D eigenvalue weighted by Crippen LogP contribution is 2.23. The van der Waals surface area contributed by atoms with E-state index in [2.05, 4.69) is 5.32 Å². The van der Waals surface area contributed by atoms with Gasteiger partial charge in [0.15, 0.2) is 0 Å². The van der Waals surface area contributed by atoms with Crippen LogP contribution >= 0.6 is 45.8 Å². The monoisotopic (exact) mass is 435 g/mol. The maximum absolute atomic E-state index is 12.1. The van der Waals surface area contributed by atoms with Crippen LogP contribution in [0.2, 0.25) is 10.0 Å². The van der Waals surface area contributed by atoms with Gasteiger partial charge in [-0.3, -0.25) is 4.79 Å². The molecule has 1 amide bonds. The fraction of sp³-hybridized carbons (Fsp3) is 0. The van der Waals surface area contributed by atoms with Gasteiger partial charge in [-0.05, 0) is 59.0 Å². The Morgan fingerprint density at radius 2 is 1.76 bits per heavy atom. The van der Waals surface area contributed by atoms with Gasteiger partial charge in [-0.1, -0.05) is 23.2 Å². The molecular weight excluding hydrogens is 428 g/mol. The summed E-state index contributed by atoms with van der Waals surface area (Å²) in [5.41, 5.74) is 0.853. The molecule has 21 heavy (non-hydrogen) atoms. The highest BCUT2D eigenvalue weighted by Gasteiger charge is 2.12. The summed E-state index contributed by atoms with van der Waals surface area (Å²) in [4.78, 5) is 23.1. The van der Waals surface area contributed by atoms with Gasteiger partial charge in [0, 0.05) is 14.8 Å². The number of benzene rings is 2. The zero-order valence-electron chi connectivity index (χ0n) is 10.4. The van der Waals surface area contributed by atoms with Gasteiger partial charge in [0.05, 0.1) is 15.6 Å². The molecule has 2 aromatic carbocycles. The van der Waals surface area contributed by atoms with Crippen molar-refractivity contribution < 1.29 is 14.7 Å². The molecule has 0 bridgehead atoms. The fourth-order valence-electron chi connectivity index (χ4n) is 1.61. The maximum atomic E-state index is 12.1. The van der Waals surface area contributed by atoms with Crippen LogP contribution in [-0.2, 0) is 0 Å². The van der Waals surface area contributed by atoms with Crippen LogP contribution in [0.5, 0.6) is 0 Å². The smallest absolute Gasteiger partial charge is 0.336 e. The number of carbonyl (C=O) groups is 2. The molecule has 0 saturated carbocycles. The Morgan fingerprint density at radius 1 is 1.05 bits per heavy atom. The average molecular weight is 436 g/mol. The Labute approximate surface area is 144 Å². The van der Waals surface area contributed by atoms with Gasteiger partial charge in [-0.25, -0.2) is 4.79 Å². The molecule has 0 aliphatic carbocycles. The molecule has 0 heterocycles. The minimum atomic E-state index is -1.05. The van der Waals surface area contributed by atoms with Crippen molar-refractivity contribution >= 4 is 63.4 Å². The third-order valence-corrected chi connectivity index (χ3v) is 4.32. The topological polar surface area (TPSA) is 66.4 Å². The van der Waals surface area contributed by atoms with Crippen LogP contribution in [0, 0.1) is 3.57 Å². The number of anilines is 1. The predicted molar refractivity (Wildman–Crippen MR) is 90.5 cm³/mol. The molecule has 108 valence electrons. The van der Waals surface area contributed by atoms with E-state index in [9.17, 15) is 9.59 Å². The first-order valence-electron chi connectivity index (χ1n) is 5.67. The summed E-state index contributed by atoms with van der Waals surface area (Å²) in [5, 5.41) is 12.3. The summed E-state index contributed by atoms with van der Waals surface area (Å²) in [6, 6.07) is 9.16. The van der Waals surface area contributed by atoms with Crippen molar-refractivity contribution in [2.24, 2.45) is 0 Å². The van der Waals surface area contributed by atoms with Crippen LogP contribution in [0.25, 0.3) is 0 Å². The summed E-state index contributed by atoms with van der Waals surface area (Å²) in [6.07, 6.45) is 0. The van der Waals surface area contributed by atoms with Crippen LogP contribution in [0.15, 0.2) is 36.4 Å². The third kappa shape index (κ3) is 3.87. The largest absolute Gasteiger partial charge is 0.478 e. The van der Waals surface area contributed by atoms with E-state index in [0.29, 0.717) is 19.8 Å². The van der Waals surface area contributed by atoms with Crippen LogP contribution in [0.4, 0.5) is 5.69 Å². The van der Waals surface area contributed by atoms with Crippen molar-refractivity contribution in [1.82, 2.24) is 0 Å². The van der Waals surface area contributed by atoms with Crippen LogP contribution in [0.1, 0.15) is 20.7 Å². The summed E-state index contributed by atoms with van der Waals surface area (Å²) >= 11 is 13.6. The quantitative estimate of drug-likeness (QED) is 0.695. The molecule has 4 nitrogen and oxygen atoms in total. The van der Waals surface area contributed by atoms with Crippen molar-refractivity contribution in [1.29, 1.82) is 0 Å². The molecular formula is C14H8Cl2INO3. The van der Waals surface area contributed by atoms with Crippen LogP contribution < -0.4 is 5.32 Å². The highest BCUT2D eigenvalue weighted by molar-refractivity contribution is 14.1. The Balaban J connectivity index is 2.25. The second-order valence-electron chi connectivity index (χ2n) is 4.08. The van der Waals surface area contributed by atoms with E-state index in [1.165, 1.54) is 24.3 Å². The lowest BCUT2D eigenvalue weighted by molar-refractivity contribution is 0.0695. The number of carbonyl (C=O) groups excluding carboxylic acids is 1. The first-order valence-corrected chi connectivity index (χ1v) is 7.51. The predicted octanol–water partition coefficient (Wildman–Crippen LogP) is 4.55. The Hall–Kier alpha value is -1.31. The van der Waals surface area contributed by atoms with Crippen molar-refractivity contribution in [2.75, 3.05) is 5.32 Å². The second-order valence-corrected chi connectivity index (χ2v) is 6.06. The molecule has 7 heteroatoms. The minimum absolute atomic E-state index is 0.127. The average Bonchev–Trinajstić information content (AvgIpc) is 2.43. The third-order valence-electron chi connectivity index (χ3n) is 2.64. The molecule has 2 N–H and O–H groups in total. The molecule has 2 rings (SSSR count). The molecule has 0 aliphatic heterocycles. The van der Waals surface area contributed by atoms with E-state index in [4.69, 9.17) is 28.3 Å². The van der Waals surface area contributed by atoms with Crippen LogP contribution in [-0.4, -0.2) is 17.0 Å². The molecule has 0 aliphatic rings. The van der Waals surface area contributed by atoms with Gasteiger partial charge in [0.25, 0.3) is 5.91 Å². The number of rotatable bonds is 3. The molecule has 0 atom stereocenters. The molecule has 0 fully saturated rings. The summed E-state index contributed by atoms with van der Waals surface area (Å²) in [7, 11) is 0. The maximum Gasteiger partial charge on any atom is 0.336 e. The highest BCUT2D eigenvalue weighted by atomic mass is 127. The first-order chi connectivity index (χ1) is 9.88. The molecule has 0 unspecified atom stereocenters. The van der Waals surface area contributed by atoms with E-state index in [1.807, 2.05) is 22.6 Å².